The van der Waals surface area contributed by atoms with Gasteiger partial charge in [-0.3, -0.25) is 14.4 Å². The molecule has 0 aromatic rings. The average molecular weight is 526 g/mol. The van der Waals surface area contributed by atoms with Gasteiger partial charge >= 0.3 is 5.97 Å². The molecule has 2 N–H and O–H groups in total. The lowest BCUT2D eigenvalue weighted by Gasteiger charge is -2.43. The molecule has 2 aliphatic heterocycles. The molecule has 1 unspecified atom stereocenters. The van der Waals surface area contributed by atoms with Crippen LogP contribution in [0, 0.1) is 23.7 Å². The van der Waals surface area contributed by atoms with Crippen LogP contribution < -0.4 is 0 Å². The number of hydrogen-bond acceptors (Lipinski definition) is 9. The van der Waals surface area contributed by atoms with E-state index < -0.39 is 53.9 Å². The van der Waals surface area contributed by atoms with Crippen molar-refractivity contribution in [3.63, 3.8) is 0 Å². The van der Waals surface area contributed by atoms with Gasteiger partial charge in [0.05, 0.1) is 12.2 Å². The van der Waals surface area contributed by atoms with Crippen molar-refractivity contribution in [2.24, 2.45) is 23.7 Å². The van der Waals surface area contributed by atoms with Crippen LogP contribution in [0.2, 0.25) is 0 Å². The predicted octanol–water partition coefficient (Wildman–Crippen LogP) is 2.51. The summed E-state index contributed by atoms with van der Waals surface area (Å²) in [7, 11) is 3.77. The number of carbonyl (C=O) groups is 3. The number of aliphatic hydroxyl groups is 2. The minimum Gasteiger partial charge on any atom is -0.458 e. The minimum absolute atomic E-state index is 0.168. The van der Waals surface area contributed by atoms with Crippen LogP contribution in [0.4, 0.5) is 0 Å². The molecule has 0 aromatic heterocycles. The molecule has 0 aromatic carbocycles. The van der Waals surface area contributed by atoms with E-state index >= 15 is 0 Å². The van der Waals surface area contributed by atoms with Crippen molar-refractivity contribution in [3.8, 4) is 0 Å². The highest BCUT2D eigenvalue weighted by molar-refractivity contribution is 6.00. The van der Waals surface area contributed by atoms with E-state index in [2.05, 4.69) is 0 Å². The van der Waals surface area contributed by atoms with Gasteiger partial charge in [-0.05, 0) is 72.2 Å². The molecule has 0 spiro atoms. The van der Waals surface area contributed by atoms with Gasteiger partial charge < -0.3 is 29.3 Å². The summed E-state index contributed by atoms with van der Waals surface area (Å²) in [4.78, 5) is 41.3. The summed E-state index contributed by atoms with van der Waals surface area (Å²) >= 11 is 0. The lowest BCUT2D eigenvalue weighted by atomic mass is 9.80. The van der Waals surface area contributed by atoms with Crippen LogP contribution in [0.5, 0.6) is 0 Å². The Morgan fingerprint density at radius 1 is 1.11 bits per heavy atom. The Morgan fingerprint density at radius 2 is 1.73 bits per heavy atom. The topological polar surface area (TPSA) is 123 Å². The van der Waals surface area contributed by atoms with Gasteiger partial charge in [-0.2, -0.15) is 0 Å². The number of rotatable bonds is 4. The molecule has 2 aliphatic rings. The van der Waals surface area contributed by atoms with Crippen LogP contribution in [0.15, 0.2) is 12.2 Å². The quantitative estimate of drug-likeness (QED) is 0.421. The van der Waals surface area contributed by atoms with Gasteiger partial charge in [-0.25, -0.2) is 0 Å². The third-order valence-corrected chi connectivity index (χ3v) is 7.93. The first-order chi connectivity index (χ1) is 17.1. The number of Topliss-reactive ketones (excluding diaryl/α,β-unsaturated/α-hetero) is 1. The van der Waals surface area contributed by atoms with Crippen molar-refractivity contribution in [1.82, 2.24) is 4.90 Å². The zero-order valence-corrected chi connectivity index (χ0v) is 23.8. The molecule has 37 heavy (non-hydrogen) atoms. The summed E-state index contributed by atoms with van der Waals surface area (Å²) in [6.07, 6.45) is 0.318. The second kappa shape index (κ2) is 12.9. The number of cyclic esters (lactones) is 1. The highest BCUT2D eigenvalue weighted by Crippen LogP contribution is 2.32. The van der Waals surface area contributed by atoms with Crippen molar-refractivity contribution in [2.75, 3.05) is 14.1 Å². The van der Waals surface area contributed by atoms with E-state index in [4.69, 9.17) is 14.2 Å². The van der Waals surface area contributed by atoms with E-state index in [9.17, 15) is 24.6 Å². The maximum atomic E-state index is 13.5. The molecule has 2 heterocycles. The lowest BCUT2D eigenvalue weighted by Crippen LogP contribution is -2.56. The number of allylic oxidation sites excluding steroid dienone is 1. The highest BCUT2D eigenvalue weighted by atomic mass is 16.7. The number of esters is 1. The van der Waals surface area contributed by atoms with Crippen LogP contribution >= 0.6 is 0 Å². The molecule has 212 valence electrons. The number of hydrogen-bond donors (Lipinski definition) is 2. The molecule has 0 aliphatic carbocycles. The second-order valence-electron chi connectivity index (χ2n) is 11.5. The first-order valence-electron chi connectivity index (χ1n) is 13.5. The van der Waals surface area contributed by atoms with Crippen molar-refractivity contribution >= 4 is 17.5 Å². The summed E-state index contributed by atoms with van der Waals surface area (Å²) in [5.74, 6) is -3.83. The second-order valence-corrected chi connectivity index (χ2v) is 11.5. The van der Waals surface area contributed by atoms with E-state index in [1.165, 1.54) is 26.0 Å². The van der Waals surface area contributed by atoms with Gasteiger partial charge in [0.25, 0.3) is 0 Å². The molecule has 9 heteroatoms. The Labute approximate surface area is 221 Å². The number of carbonyl (C=O) groups excluding carboxylic acids is 3. The first kappa shape index (κ1) is 31.6. The number of ketones is 2. The molecular formula is C28H47NO8. The molecule has 1 fully saturated rings. The van der Waals surface area contributed by atoms with Crippen LogP contribution in [0.25, 0.3) is 0 Å². The van der Waals surface area contributed by atoms with E-state index in [0.717, 1.165) is 0 Å². The minimum atomic E-state index is -1.57. The van der Waals surface area contributed by atoms with E-state index in [1.807, 2.05) is 32.8 Å². The summed E-state index contributed by atoms with van der Waals surface area (Å²) in [5.41, 5.74) is -1.57. The molecule has 0 saturated carbocycles. The predicted molar refractivity (Wildman–Crippen MR) is 139 cm³/mol. The van der Waals surface area contributed by atoms with Gasteiger partial charge in [0.1, 0.15) is 23.7 Å². The van der Waals surface area contributed by atoms with E-state index in [1.54, 1.807) is 20.8 Å². The Hall–Kier alpha value is -1.65. The third kappa shape index (κ3) is 7.69. The average Bonchev–Trinajstić information content (AvgIpc) is 2.83. The smallest absolute Gasteiger partial charge is 0.316 e. The Bertz CT molecular complexity index is 840. The van der Waals surface area contributed by atoms with Crippen molar-refractivity contribution in [1.29, 1.82) is 0 Å². The van der Waals surface area contributed by atoms with Crippen LogP contribution in [0.3, 0.4) is 0 Å². The lowest BCUT2D eigenvalue weighted by molar-refractivity contribution is -0.278. The molecule has 0 radical (unpaired) electrons. The summed E-state index contributed by atoms with van der Waals surface area (Å²) in [5, 5.41) is 21.9. The number of likely N-dealkylation sites (N-methyl/N-ethyl adjacent to an activating group) is 1. The molecular weight excluding hydrogens is 478 g/mol. The summed E-state index contributed by atoms with van der Waals surface area (Å²) in [6, 6.07) is -0.188. The zero-order valence-electron chi connectivity index (χ0n) is 23.8. The Balaban J connectivity index is 2.44. The van der Waals surface area contributed by atoms with Crippen LogP contribution in [-0.2, 0) is 28.6 Å². The van der Waals surface area contributed by atoms with Crippen LogP contribution in [-0.4, -0.2) is 89.1 Å². The van der Waals surface area contributed by atoms with Crippen molar-refractivity contribution in [3.05, 3.63) is 12.2 Å². The van der Waals surface area contributed by atoms with Gasteiger partial charge in [-0.15, -0.1) is 0 Å². The summed E-state index contributed by atoms with van der Waals surface area (Å²) in [6.45, 7) is 12.0. The molecule has 1 saturated heterocycles. The van der Waals surface area contributed by atoms with Crippen LogP contribution in [0.1, 0.15) is 67.7 Å². The van der Waals surface area contributed by atoms with E-state index in [0.29, 0.717) is 19.3 Å². The number of aliphatic hydroxyl groups excluding tert-OH is 1. The molecule has 11 atom stereocenters. The van der Waals surface area contributed by atoms with Crippen molar-refractivity contribution in [2.45, 2.75) is 110 Å². The van der Waals surface area contributed by atoms with E-state index in [-0.39, 0.29) is 29.6 Å². The molecule has 0 bridgehead atoms. The fourth-order valence-corrected chi connectivity index (χ4v) is 5.42. The fraction of sp³-hybridized carbons (Fsp3) is 0.821. The first-order valence-corrected chi connectivity index (χ1v) is 13.5. The molecule has 0 amide bonds. The number of nitrogens with zero attached hydrogens (tertiary/aromatic N) is 1. The highest BCUT2D eigenvalue weighted by Gasteiger charge is 2.44. The SMILES string of the molecule is CC[C@H]1OC(=O)[C@H](C)C(=O)[C@H](C)[C@@H](OC2O[C@H](C)C[C@H](N(C)C)[C@H]2O)[C@@H](C)C[C@@H](C)C(=O)/C=C/[C@]1(C)O. The third-order valence-electron chi connectivity index (χ3n) is 7.93. The normalized spacial score (nSPS) is 43.8. The summed E-state index contributed by atoms with van der Waals surface area (Å²) < 4.78 is 17.9. The largest absolute Gasteiger partial charge is 0.458 e. The van der Waals surface area contributed by atoms with Gasteiger partial charge in [0.15, 0.2) is 17.9 Å². The Morgan fingerprint density at radius 3 is 2.30 bits per heavy atom. The van der Waals surface area contributed by atoms with Gasteiger partial charge in [0.2, 0.25) is 0 Å². The molecule has 9 nitrogen and oxygen atoms in total. The monoisotopic (exact) mass is 525 g/mol. The molecule has 2 rings (SSSR count). The maximum Gasteiger partial charge on any atom is 0.316 e. The number of ether oxygens (including phenoxy) is 3. The van der Waals surface area contributed by atoms with Crippen molar-refractivity contribution < 1.29 is 38.8 Å². The van der Waals surface area contributed by atoms with Gasteiger partial charge in [-0.1, -0.05) is 27.7 Å². The standard InChI is InChI=1S/C28H47NO8/c1-10-22-28(7,34)12-11-21(30)15(2)13-16(3)25(18(5)23(31)19(6)26(33)36-22)37-27-24(32)20(29(8)9)14-17(4)35-27/h11-12,15-20,22,24-25,27,32,34H,10,13-14H2,1-9H3/b12-11+/t15-,16+,17-,18+,19-,20+,22-,24-,25+,27?,28+/m1/s1. The Kier molecular flexibility index (Phi) is 11.0. The zero-order chi connectivity index (χ0) is 28.2. The maximum absolute atomic E-state index is 13.5. The van der Waals surface area contributed by atoms with Gasteiger partial charge in [0, 0.05) is 17.9 Å². The fourth-order valence-electron chi connectivity index (χ4n) is 5.42.